The van der Waals surface area contributed by atoms with E-state index in [2.05, 4.69) is 5.32 Å². The third kappa shape index (κ3) is 4.05. The molecule has 1 amide bonds. The minimum absolute atomic E-state index is 0.0307. The number of hydrogen-bond acceptors (Lipinski definition) is 3. The molecule has 0 saturated heterocycles. The lowest BCUT2D eigenvalue weighted by molar-refractivity contribution is 0.0934. The van der Waals surface area contributed by atoms with E-state index in [4.69, 9.17) is 28.9 Å². The van der Waals surface area contributed by atoms with Gasteiger partial charge in [0, 0.05) is 18.2 Å². The quantitative estimate of drug-likeness (QED) is 0.836. The summed E-state index contributed by atoms with van der Waals surface area (Å²) in [5.41, 5.74) is 6.38. The second-order valence-electron chi connectivity index (χ2n) is 4.50. The monoisotopic (exact) mass is 289 g/mol. The maximum absolute atomic E-state index is 12.0. The molecule has 4 nitrogen and oxygen atoms in total. The minimum Gasteiger partial charge on any atom is -0.397 e. The van der Waals surface area contributed by atoms with Crippen LogP contribution in [0.15, 0.2) is 12.1 Å². The van der Waals surface area contributed by atoms with Crippen molar-refractivity contribution >= 4 is 34.8 Å². The van der Waals surface area contributed by atoms with Gasteiger partial charge in [-0.15, -0.1) is 0 Å². The Morgan fingerprint density at radius 1 is 1.44 bits per heavy atom. The van der Waals surface area contributed by atoms with Crippen molar-refractivity contribution in [2.45, 2.75) is 13.0 Å². The van der Waals surface area contributed by atoms with Crippen LogP contribution < -0.4 is 11.1 Å². The van der Waals surface area contributed by atoms with Crippen LogP contribution in [0.3, 0.4) is 0 Å². The van der Waals surface area contributed by atoms with E-state index in [0.717, 1.165) is 6.54 Å². The molecule has 0 aliphatic rings. The van der Waals surface area contributed by atoms with Crippen molar-refractivity contribution in [1.82, 2.24) is 10.2 Å². The molecular weight excluding hydrogens is 273 g/mol. The minimum atomic E-state index is -0.213. The summed E-state index contributed by atoms with van der Waals surface area (Å²) in [6.45, 7) is 2.68. The number of benzene rings is 1. The van der Waals surface area contributed by atoms with Crippen LogP contribution in [0.2, 0.25) is 10.0 Å². The van der Waals surface area contributed by atoms with E-state index in [1.54, 1.807) is 0 Å². The lowest BCUT2D eigenvalue weighted by atomic mass is 10.1. The van der Waals surface area contributed by atoms with E-state index in [1.165, 1.54) is 12.1 Å². The van der Waals surface area contributed by atoms with Crippen molar-refractivity contribution in [3.63, 3.8) is 0 Å². The highest BCUT2D eigenvalue weighted by molar-refractivity contribution is 6.43. The predicted molar refractivity (Wildman–Crippen MR) is 76.4 cm³/mol. The van der Waals surface area contributed by atoms with Crippen molar-refractivity contribution in [1.29, 1.82) is 0 Å². The first-order valence-corrected chi connectivity index (χ1v) is 6.27. The predicted octanol–water partition coefficient (Wildman–Crippen LogP) is 2.26. The Bertz CT molecular complexity index is 426. The Hall–Kier alpha value is -0.970. The first-order valence-electron chi connectivity index (χ1n) is 5.51. The largest absolute Gasteiger partial charge is 0.397 e. The molecule has 0 spiro atoms. The highest BCUT2D eigenvalue weighted by atomic mass is 35.5. The second kappa shape index (κ2) is 6.27. The number of halogens is 2. The number of anilines is 1. The summed E-state index contributed by atoms with van der Waals surface area (Å²) in [6.07, 6.45) is 0. The smallest absolute Gasteiger partial charge is 0.251 e. The molecule has 0 aliphatic carbocycles. The first-order chi connectivity index (χ1) is 8.31. The summed E-state index contributed by atoms with van der Waals surface area (Å²) in [4.78, 5) is 14.0. The Labute approximate surface area is 117 Å². The van der Waals surface area contributed by atoms with E-state index in [1.807, 2.05) is 25.9 Å². The van der Waals surface area contributed by atoms with Gasteiger partial charge in [-0.25, -0.2) is 0 Å². The van der Waals surface area contributed by atoms with E-state index in [0.29, 0.717) is 11.3 Å². The van der Waals surface area contributed by atoms with Crippen LogP contribution in [0.4, 0.5) is 5.69 Å². The maximum Gasteiger partial charge on any atom is 0.251 e. The molecule has 0 aliphatic heterocycles. The Balaban J connectivity index is 2.79. The van der Waals surface area contributed by atoms with Crippen LogP contribution in [0.1, 0.15) is 17.3 Å². The van der Waals surface area contributed by atoms with Gasteiger partial charge in [-0.1, -0.05) is 23.2 Å². The van der Waals surface area contributed by atoms with Crippen LogP contribution in [0.25, 0.3) is 0 Å². The molecule has 0 radical (unpaired) electrons. The van der Waals surface area contributed by atoms with Gasteiger partial charge in [0.1, 0.15) is 0 Å². The zero-order valence-electron chi connectivity index (χ0n) is 10.6. The summed E-state index contributed by atoms with van der Waals surface area (Å²) in [5, 5.41) is 3.42. The lowest BCUT2D eigenvalue weighted by Crippen LogP contribution is -2.39. The molecule has 1 unspecified atom stereocenters. The number of hydrogen-bond donors (Lipinski definition) is 2. The van der Waals surface area contributed by atoms with E-state index >= 15 is 0 Å². The van der Waals surface area contributed by atoms with Crippen molar-refractivity contribution in [2.75, 3.05) is 26.4 Å². The van der Waals surface area contributed by atoms with Gasteiger partial charge in [0.15, 0.2) is 0 Å². The topological polar surface area (TPSA) is 58.4 Å². The number of nitrogen functional groups attached to an aromatic ring is 1. The zero-order valence-corrected chi connectivity index (χ0v) is 12.1. The van der Waals surface area contributed by atoms with Crippen LogP contribution >= 0.6 is 23.2 Å². The van der Waals surface area contributed by atoms with Crippen LogP contribution in [-0.2, 0) is 0 Å². The van der Waals surface area contributed by atoms with E-state index in [9.17, 15) is 4.79 Å². The zero-order chi connectivity index (χ0) is 13.9. The van der Waals surface area contributed by atoms with Gasteiger partial charge in [-0.05, 0) is 33.2 Å². The summed E-state index contributed by atoms with van der Waals surface area (Å²) in [7, 11) is 3.89. The van der Waals surface area contributed by atoms with E-state index in [-0.39, 0.29) is 22.0 Å². The number of rotatable bonds is 4. The number of amides is 1. The fraction of sp³-hybridized carbons (Fsp3) is 0.417. The molecule has 18 heavy (non-hydrogen) atoms. The molecule has 100 valence electrons. The Morgan fingerprint density at radius 2 is 2.06 bits per heavy atom. The molecule has 6 heteroatoms. The molecular formula is C12H17Cl2N3O. The molecule has 0 aromatic heterocycles. The summed E-state index contributed by atoms with van der Waals surface area (Å²) in [6, 6.07) is 3.06. The first kappa shape index (κ1) is 15.1. The number of nitrogens with one attached hydrogen (secondary N) is 1. The van der Waals surface area contributed by atoms with Gasteiger partial charge in [-0.3, -0.25) is 4.79 Å². The number of nitrogens with zero attached hydrogens (tertiary/aromatic N) is 1. The van der Waals surface area contributed by atoms with Gasteiger partial charge in [-0.2, -0.15) is 0 Å². The van der Waals surface area contributed by atoms with Gasteiger partial charge in [0.2, 0.25) is 0 Å². The number of carbonyl (C=O) groups is 1. The molecule has 0 fully saturated rings. The maximum atomic E-state index is 12.0. The molecule has 0 heterocycles. The molecule has 3 N–H and O–H groups in total. The fourth-order valence-corrected chi connectivity index (χ4v) is 1.98. The highest BCUT2D eigenvalue weighted by Gasteiger charge is 2.13. The van der Waals surface area contributed by atoms with Crippen molar-refractivity contribution < 1.29 is 4.79 Å². The lowest BCUT2D eigenvalue weighted by Gasteiger charge is -2.18. The number of likely N-dealkylation sites (N-methyl/N-ethyl adjacent to an activating group) is 1. The average molecular weight is 290 g/mol. The molecule has 0 bridgehead atoms. The average Bonchev–Trinajstić information content (AvgIpc) is 2.23. The van der Waals surface area contributed by atoms with Crippen molar-refractivity contribution in [3.8, 4) is 0 Å². The molecule has 1 aromatic rings. The second-order valence-corrected chi connectivity index (χ2v) is 5.28. The van der Waals surface area contributed by atoms with Crippen LogP contribution in [0, 0.1) is 0 Å². The summed E-state index contributed by atoms with van der Waals surface area (Å²) in [5.74, 6) is -0.213. The van der Waals surface area contributed by atoms with Crippen molar-refractivity contribution in [2.24, 2.45) is 0 Å². The van der Waals surface area contributed by atoms with Crippen LogP contribution in [-0.4, -0.2) is 37.5 Å². The summed E-state index contributed by atoms with van der Waals surface area (Å²) < 4.78 is 0. The Kier molecular flexibility index (Phi) is 5.26. The fourth-order valence-electron chi connectivity index (χ4n) is 1.64. The molecule has 1 rings (SSSR count). The molecule has 1 aromatic carbocycles. The van der Waals surface area contributed by atoms with E-state index < -0.39 is 0 Å². The standard InChI is InChI=1S/C12H17Cl2N3O/c1-7(6-17(2)3)16-12(18)8-4-9(13)11(14)10(15)5-8/h4-5,7H,6,15H2,1-3H3,(H,16,18). The normalized spacial score (nSPS) is 12.6. The van der Waals surface area contributed by atoms with Gasteiger partial charge in [0.25, 0.3) is 5.91 Å². The highest BCUT2D eigenvalue weighted by Crippen LogP contribution is 2.29. The van der Waals surface area contributed by atoms with Crippen molar-refractivity contribution in [3.05, 3.63) is 27.7 Å². The molecule has 1 atom stereocenters. The SMILES string of the molecule is CC(CN(C)C)NC(=O)c1cc(N)c(Cl)c(Cl)c1. The third-order valence-electron chi connectivity index (χ3n) is 2.34. The number of carbonyl (C=O) groups excluding carboxylic acids is 1. The Morgan fingerprint density at radius 3 is 2.56 bits per heavy atom. The van der Waals surface area contributed by atoms with Gasteiger partial charge in [0.05, 0.1) is 15.7 Å². The molecule has 0 saturated carbocycles. The number of nitrogens with two attached hydrogens (primary N) is 1. The van der Waals surface area contributed by atoms with Crippen LogP contribution in [0.5, 0.6) is 0 Å². The van der Waals surface area contributed by atoms with Gasteiger partial charge >= 0.3 is 0 Å². The summed E-state index contributed by atoms with van der Waals surface area (Å²) >= 11 is 11.7. The third-order valence-corrected chi connectivity index (χ3v) is 3.15. The van der Waals surface area contributed by atoms with Gasteiger partial charge < -0.3 is 16.0 Å².